The van der Waals surface area contributed by atoms with Crippen molar-refractivity contribution in [2.24, 2.45) is 5.10 Å². The zero-order valence-electron chi connectivity index (χ0n) is 17.8. The number of halogens is 2. The molecule has 0 aliphatic rings. The molecule has 7 nitrogen and oxygen atoms in total. The molecule has 0 spiro atoms. The van der Waals surface area contributed by atoms with Crippen molar-refractivity contribution in [1.82, 2.24) is 5.43 Å². The van der Waals surface area contributed by atoms with Crippen molar-refractivity contribution >= 4 is 61.6 Å². The summed E-state index contributed by atoms with van der Waals surface area (Å²) in [6.07, 6.45) is 1.50. The van der Waals surface area contributed by atoms with Gasteiger partial charge in [0.1, 0.15) is 12.2 Å². The number of rotatable bonds is 7. The number of carbonyl (C=O) groups is 1. The number of nitrogens with one attached hydrogen (secondary N) is 1. The predicted octanol–water partition coefficient (Wildman–Crippen LogP) is 6.02. The van der Waals surface area contributed by atoms with Crippen molar-refractivity contribution in [3.63, 3.8) is 0 Å². The molecular weight excluding hydrogens is 613 g/mol. The fraction of sp³-hybridized carbons (Fsp3) is 0.0800. The van der Waals surface area contributed by atoms with Crippen LogP contribution >= 0.6 is 38.5 Å². The third-order valence-corrected chi connectivity index (χ3v) is 6.11. The zero-order valence-corrected chi connectivity index (χ0v) is 21.6. The molecule has 1 heterocycles. The summed E-state index contributed by atoms with van der Waals surface area (Å²) in [4.78, 5) is 12.4. The minimum absolute atomic E-state index is 0.169. The van der Waals surface area contributed by atoms with E-state index in [1.807, 2.05) is 30.3 Å². The van der Waals surface area contributed by atoms with Gasteiger partial charge in [-0.05, 0) is 70.6 Å². The number of hydrogen-bond donors (Lipinski definition) is 1. The van der Waals surface area contributed by atoms with E-state index in [4.69, 9.17) is 13.9 Å². The maximum atomic E-state index is 12.4. The van der Waals surface area contributed by atoms with Crippen molar-refractivity contribution in [3.8, 4) is 17.6 Å². The van der Waals surface area contributed by atoms with Crippen LogP contribution in [-0.4, -0.2) is 19.2 Å². The first-order valence-electron chi connectivity index (χ1n) is 9.99. The van der Waals surface area contributed by atoms with Gasteiger partial charge in [0.25, 0.3) is 0 Å². The molecule has 0 saturated heterocycles. The molecule has 9 heteroatoms. The number of nitriles is 1. The molecule has 0 fully saturated rings. The molecule has 0 aliphatic heterocycles. The van der Waals surface area contributed by atoms with Gasteiger partial charge in [-0.15, -0.1) is 0 Å². The molecule has 1 amide bonds. The van der Waals surface area contributed by atoms with Crippen molar-refractivity contribution in [3.05, 3.63) is 91.2 Å². The van der Waals surface area contributed by atoms with Crippen molar-refractivity contribution < 1.29 is 18.7 Å². The van der Waals surface area contributed by atoms with Crippen LogP contribution in [0.2, 0.25) is 0 Å². The molecule has 0 saturated carbocycles. The van der Waals surface area contributed by atoms with Crippen LogP contribution in [0.4, 0.5) is 0 Å². The second-order valence-corrected chi connectivity index (χ2v) is 9.16. The second kappa shape index (κ2) is 10.7. The Bertz CT molecular complexity index is 1440. The van der Waals surface area contributed by atoms with Gasteiger partial charge in [-0.1, -0.05) is 34.1 Å². The van der Waals surface area contributed by atoms with Gasteiger partial charge < -0.3 is 13.9 Å². The van der Waals surface area contributed by atoms with Crippen molar-refractivity contribution in [1.29, 1.82) is 5.26 Å². The maximum Gasteiger partial charge on any atom is 0.307 e. The molecule has 170 valence electrons. The summed E-state index contributed by atoms with van der Waals surface area (Å²) in [6, 6.07) is 20.1. The third-order valence-electron chi connectivity index (χ3n) is 4.85. The number of fused-ring (bicyclic) bond motifs is 1. The number of nitrogens with zero attached hydrogens (tertiary/aromatic N) is 2. The minimum Gasteiger partial charge on any atom is -0.493 e. The van der Waals surface area contributed by atoms with Crippen LogP contribution in [-0.2, 0) is 6.61 Å². The Labute approximate surface area is 217 Å². The minimum atomic E-state index is -0.456. The molecule has 1 aromatic heterocycles. The fourth-order valence-electron chi connectivity index (χ4n) is 3.20. The molecule has 1 N–H and O–H groups in total. The Kier molecular flexibility index (Phi) is 7.49. The Morgan fingerprint density at radius 3 is 2.82 bits per heavy atom. The molecule has 34 heavy (non-hydrogen) atoms. The van der Waals surface area contributed by atoms with E-state index >= 15 is 0 Å². The zero-order chi connectivity index (χ0) is 24.1. The highest BCUT2D eigenvalue weighted by atomic mass is 127. The van der Waals surface area contributed by atoms with Gasteiger partial charge in [0.15, 0.2) is 17.3 Å². The number of ether oxygens (including phenoxy) is 2. The van der Waals surface area contributed by atoms with Gasteiger partial charge in [0.2, 0.25) is 0 Å². The van der Waals surface area contributed by atoms with Crippen LogP contribution < -0.4 is 14.9 Å². The average Bonchev–Trinajstić information content (AvgIpc) is 3.28. The van der Waals surface area contributed by atoms with Crippen LogP contribution in [0.25, 0.3) is 11.0 Å². The summed E-state index contributed by atoms with van der Waals surface area (Å²) in [6.45, 7) is 0.233. The molecule has 0 aliphatic carbocycles. The lowest BCUT2D eigenvalue weighted by atomic mass is 10.1. The van der Waals surface area contributed by atoms with Crippen LogP contribution in [0.1, 0.15) is 27.2 Å². The standard InChI is InChI=1S/C25H17BrIN3O4/c1-32-22-8-15(6-7-21(22)33-14-17-5-3-2-4-16(17)12-28)13-29-30-25(31)23-10-18-9-19(26)11-20(27)24(18)34-23/h2-11,13H,14H2,1H3,(H,30,31)/b29-13-. The lowest BCUT2D eigenvalue weighted by Crippen LogP contribution is -2.16. The van der Waals surface area contributed by atoms with Gasteiger partial charge in [0, 0.05) is 15.4 Å². The molecule has 0 unspecified atom stereocenters. The lowest BCUT2D eigenvalue weighted by molar-refractivity contribution is 0.0929. The average molecular weight is 630 g/mol. The quantitative estimate of drug-likeness (QED) is 0.153. The van der Waals surface area contributed by atoms with Gasteiger partial charge in [-0.25, -0.2) is 5.43 Å². The molecular formula is C25H17BrIN3O4. The van der Waals surface area contributed by atoms with E-state index < -0.39 is 5.91 Å². The Morgan fingerprint density at radius 1 is 1.21 bits per heavy atom. The van der Waals surface area contributed by atoms with Gasteiger partial charge >= 0.3 is 5.91 Å². The second-order valence-electron chi connectivity index (χ2n) is 7.08. The number of hydrazone groups is 1. The molecule has 0 radical (unpaired) electrons. The fourth-order valence-corrected chi connectivity index (χ4v) is 4.86. The molecule has 3 aromatic carbocycles. The monoisotopic (exact) mass is 629 g/mol. The smallest absolute Gasteiger partial charge is 0.307 e. The normalized spacial score (nSPS) is 10.9. The summed E-state index contributed by atoms with van der Waals surface area (Å²) in [5.74, 6) is 0.742. The van der Waals surface area contributed by atoms with Crippen molar-refractivity contribution in [2.45, 2.75) is 6.61 Å². The van der Waals surface area contributed by atoms with E-state index in [1.54, 1.807) is 30.3 Å². The first-order chi connectivity index (χ1) is 16.5. The maximum absolute atomic E-state index is 12.4. The number of benzene rings is 3. The Hall–Kier alpha value is -3.36. The highest BCUT2D eigenvalue weighted by molar-refractivity contribution is 14.1. The summed E-state index contributed by atoms with van der Waals surface area (Å²) in [5.41, 5.74) is 5.17. The molecule has 4 aromatic rings. The topological polar surface area (TPSA) is 96.8 Å². The van der Waals surface area contributed by atoms with Crippen LogP contribution in [0.3, 0.4) is 0 Å². The summed E-state index contributed by atoms with van der Waals surface area (Å²) in [5, 5.41) is 14.1. The molecule has 4 rings (SSSR count). The van der Waals surface area contributed by atoms with E-state index in [1.165, 1.54) is 13.3 Å². The van der Waals surface area contributed by atoms with Gasteiger partial charge in [-0.3, -0.25) is 4.79 Å². The van der Waals surface area contributed by atoms with Gasteiger partial charge in [-0.2, -0.15) is 10.4 Å². The van der Waals surface area contributed by atoms with Crippen molar-refractivity contribution in [2.75, 3.05) is 7.11 Å². The van der Waals surface area contributed by atoms with E-state index in [-0.39, 0.29) is 12.4 Å². The lowest BCUT2D eigenvalue weighted by Gasteiger charge is -2.12. The Morgan fingerprint density at radius 2 is 2.03 bits per heavy atom. The largest absolute Gasteiger partial charge is 0.493 e. The Balaban J connectivity index is 1.42. The number of hydrogen-bond acceptors (Lipinski definition) is 6. The first-order valence-corrected chi connectivity index (χ1v) is 11.9. The predicted molar refractivity (Wildman–Crippen MR) is 140 cm³/mol. The molecule has 0 bridgehead atoms. The van der Waals surface area contributed by atoms with E-state index in [2.05, 4.69) is 55.1 Å². The van der Waals surface area contributed by atoms with Crippen LogP contribution in [0, 0.1) is 14.9 Å². The molecule has 0 atom stereocenters. The first kappa shape index (κ1) is 23.8. The van der Waals surface area contributed by atoms with E-state index in [0.29, 0.717) is 28.2 Å². The van der Waals surface area contributed by atoms with Gasteiger partial charge in [0.05, 0.1) is 28.5 Å². The van der Waals surface area contributed by atoms with E-state index in [0.717, 1.165) is 19.0 Å². The number of amides is 1. The highest BCUT2D eigenvalue weighted by Crippen LogP contribution is 2.29. The van der Waals surface area contributed by atoms with E-state index in [9.17, 15) is 10.1 Å². The number of methoxy groups -OCH3 is 1. The number of furan rings is 1. The SMILES string of the molecule is COc1cc(/C=N\NC(=O)c2cc3cc(Br)cc(I)c3o2)ccc1OCc1ccccc1C#N. The highest BCUT2D eigenvalue weighted by Gasteiger charge is 2.14. The summed E-state index contributed by atoms with van der Waals surface area (Å²) in [7, 11) is 1.54. The van der Waals surface area contributed by atoms with Crippen LogP contribution in [0.5, 0.6) is 11.5 Å². The number of carbonyl (C=O) groups excluding carboxylic acids is 1. The third kappa shape index (κ3) is 5.40. The summed E-state index contributed by atoms with van der Waals surface area (Å²) < 4.78 is 18.8. The van der Waals surface area contributed by atoms with Crippen LogP contribution in [0.15, 0.2) is 74.7 Å². The summed E-state index contributed by atoms with van der Waals surface area (Å²) >= 11 is 5.60.